The quantitative estimate of drug-likeness (QED) is 0.867. The summed E-state index contributed by atoms with van der Waals surface area (Å²) >= 11 is 0. The molecule has 1 aliphatic rings. The normalized spacial score (nSPS) is 22.7. The molecule has 2 unspecified atom stereocenters. The second-order valence-corrected chi connectivity index (χ2v) is 5.07. The predicted molar refractivity (Wildman–Crippen MR) is 68.4 cm³/mol. The molecule has 0 aliphatic carbocycles. The highest BCUT2D eigenvalue weighted by Crippen LogP contribution is 2.31. The lowest BCUT2D eigenvalue weighted by Gasteiger charge is -2.35. The van der Waals surface area contributed by atoms with Crippen LogP contribution in [0.4, 0.5) is 4.39 Å². The Hall–Kier alpha value is -0.930. The van der Waals surface area contributed by atoms with E-state index in [0.29, 0.717) is 12.0 Å². The highest BCUT2D eigenvalue weighted by atomic mass is 19.1. The lowest BCUT2D eigenvalue weighted by Crippen LogP contribution is -2.38. The Labute approximate surface area is 103 Å². The Morgan fingerprint density at radius 3 is 2.53 bits per heavy atom. The third-order valence-corrected chi connectivity index (χ3v) is 3.55. The largest absolute Gasteiger partial charge is 0.316 e. The van der Waals surface area contributed by atoms with Crippen LogP contribution in [0.5, 0.6) is 0 Å². The molecule has 0 aromatic heterocycles. The number of halogens is 1. The van der Waals surface area contributed by atoms with Crippen LogP contribution in [0.15, 0.2) is 24.3 Å². The zero-order valence-electron chi connectivity index (χ0n) is 10.6. The molecule has 1 saturated heterocycles. The second-order valence-electron chi connectivity index (χ2n) is 5.07. The topological polar surface area (TPSA) is 15.3 Å². The summed E-state index contributed by atoms with van der Waals surface area (Å²) in [7, 11) is 4.20. The number of piperidine rings is 1. The number of nitrogens with one attached hydrogen (secondary N) is 1. The van der Waals surface area contributed by atoms with E-state index in [4.69, 9.17) is 0 Å². The van der Waals surface area contributed by atoms with E-state index < -0.39 is 0 Å². The van der Waals surface area contributed by atoms with E-state index in [0.717, 1.165) is 13.1 Å². The van der Waals surface area contributed by atoms with Crippen molar-refractivity contribution in [1.29, 1.82) is 0 Å². The van der Waals surface area contributed by atoms with E-state index in [1.54, 1.807) is 12.1 Å². The number of rotatable bonds is 3. The van der Waals surface area contributed by atoms with Crippen molar-refractivity contribution in [3.05, 3.63) is 35.6 Å². The van der Waals surface area contributed by atoms with Crippen LogP contribution in [0.2, 0.25) is 0 Å². The Morgan fingerprint density at radius 2 is 2.00 bits per heavy atom. The highest BCUT2D eigenvalue weighted by molar-refractivity contribution is 5.21. The van der Waals surface area contributed by atoms with Crippen molar-refractivity contribution < 1.29 is 4.39 Å². The van der Waals surface area contributed by atoms with Gasteiger partial charge < -0.3 is 10.2 Å². The van der Waals surface area contributed by atoms with Crippen LogP contribution in [-0.2, 0) is 0 Å². The van der Waals surface area contributed by atoms with Gasteiger partial charge in [-0.2, -0.15) is 0 Å². The van der Waals surface area contributed by atoms with Gasteiger partial charge in [0.1, 0.15) is 5.82 Å². The van der Waals surface area contributed by atoms with Crippen LogP contribution >= 0.6 is 0 Å². The molecular formula is C14H21FN2. The number of nitrogens with zero attached hydrogens (tertiary/aromatic N) is 1. The molecule has 1 heterocycles. The Balaban J connectivity index is 2.18. The summed E-state index contributed by atoms with van der Waals surface area (Å²) in [6.07, 6.45) is 2.48. The third-order valence-electron chi connectivity index (χ3n) is 3.55. The molecular weight excluding hydrogens is 215 g/mol. The fourth-order valence-corrected chi connectivity index (χ4v) is 2.80. The summed E-state index contributed by atoms with van der Waals surface area (Å²) in [6.45, 7) is 2.18. The molecule has 0 bridgehead atoms. The van der Waals surface area contributed by atoms with Crippen LogP contribution in [-0.4, -0.2) is 32.1 Å². The summed E-state index contributed by atoms with van der Waals surface area (Å²) in [5.41, 5.74) is 1.21. The number of benzene rings is 1. The van der Waals surface area contributed by atoms with Gasteiger partial charge in [0.25, 0.3) is 0 Å². The molecule has 1 fully saturated rings. The van der Waals surface area contributed by atoms with Crippen molar-refractivity contribution in [1.82, 2.24) is 10.2 Å². The van der Waals surface area contributed by atoms with Gasteiger partial charge in [0.2, 0.25) is 0 Å². The maximum absolute atomic E-state index is 13.0. The molecule has 0 amide bonds. The monoisotopic (exact) mass is 236 g/mol. The summed E-state index contributed by atoms with van der Waals surface area (Å²) in [5.74, 6) is 0.456. The minimum absolute atomic E-state index is 0.159. The molecule has 3 heteroatoms. The first kappa shape index (κ1) is 12.5. The molecule has 2 atom stereocenters. The molecule has 1 aromatic carbocycles. The van der Waals surface area contributed by atoms with Crippen molar-refractivity contribution in [3.8, 4) is 0 Å². The zero-order valence-corrected chi connectivity index (χ0v) is 10.6. The molecule has 2 rings (SSSR count). The third kappa shape index (κ3) is 3.05. The van der Waals surface area contributed by atoms with Crippen molar-refractivity contribution in [2.45, 2.75) is 18.9 Å². The molecule has 0 spiro atoms. The fourth-order valence-electron chi connectivity index (χ4n) is 2.80. The summed E-state index contributed by atoms with van der Waals surface area (Å²) < 4.78 is 13.0. The van der Waals surface area contributed by atoms with E-state index in [1.165, 1.54) is 18.4 Å². The van der Waals surface area contributed by atoms with E-state index in [-0.39, 0.29) is 5.82 Å². The number of hydrogen-bond donors (Lipinski definition) is 1. The first-order chi connectivity index (χ1) is 8.18. The van der Waals surface area contributed by atoms with Gasteiger partial charge in [-0.25, -0.2) is 4.39 Å². The zero-order chi connectivity index (χ0) is 12.3. The molecule has 94 valence electrons. The van der Waals surface area contributed by atoms with Gasteiger partial charge in [0, 0.05) is 6.04 Å². The SMILES string of the molecule is CN(C)C(c1ccc(F)cc1)C1CCCNC1. The van der Waals surface area contributed by atoms with Gasteiger partial charge in [0.15, 0.2) is 0 Å². The molecule has 17 heavy (non-hydrogen) atoms. The summed E-state index contributed by atoms with van der Waals surface area (Å²) in [6, 6.07) is 7.32. The summed E-state index contributed by atoms with van der Waals surface area (Å²) in [4.78, 5) is 2.24. The average molecular weight is 236 g/mol. The first-order valence-corrected chi connectivity index (χ1v) is 6.31. The standard InChI is InChI=1S/C14H21FN2/c1-17(2)14(12-4-3-9-16-10-12)11-5-7-13(15)8-6-11/h5-8,12,14,16H,3-4,9-10H2,1-2H3. The van der Waals surface area contributed by atoms with E-state index in [1.807, 2.05) is 12.1 Å². The van der Waals surface area contributed by atoms with Crippen molar-refractivity contribution in [2.75, 3.05) is 27.2 Å². The maximum Gasteiger partial charge on any atom is 0.123 e. The minimum Gasteiger partial charge on any atom is -0.316 e. The Morgan fingerprint density at radius 1 is 1.29 bits per heavy atom. The van der Waals surface area contributed by atoms with E-state index in [9.17, 15) is 4.39 Å². The van der Waals surface area contributed by atoms with Gasteiger partial charge in [0.05, 0.1) is 0 Å². The minimum atomic E-state index is -0.159. The molecule has 1 N–H and O–H groups in total. The van der Waals surface area contributed by atoms with Gasteiger partial charge in [-0.1, -0.05) is 12.1 Å². The van der Waals surface area contributed by atoms with Crippen LogP contribution < -0.4 is 5.32 Å². The van der Waals surface area contributed by atoms with Crippen LogP contribution in [0.25, 0.3) is 0 Å². The second kappa shape index (κ2) is 5.61. The Bertz CT molecular complexity index is 342. The lowest BCUT2D eigenvalue weighted by atomic mass is 9.86. The predicted octanol–water partition coefficient (Wildman–Crippen LogP) is 2.43. The van der Waals surface area contributed by atoms with Gasteiger partial charge in [-0.15, -0.1) is 0 Å². The summed E-state index contributed by atoms with van der Waals surface area (Å²) in [5, 5.41) is 3.45. The molecule has 2 nitrogen and oxygen atoms in total. The molecule has 1 aliphatic heterocycles. The fraction of sp³-hybridized carbons (Fsp3) is 0.571. The number of hydrogen-bond acceptors (Lipinski definition) is 2. The van der Waals surface area contributed by atoms with E-state index in [2.05, 4.69) is 24.3 Å². The van der Waals surface area contributed by atoms with Crippen LogP contribution in [0.1, 0.15) is 24.4 Å². The van der Waals surface area contributed by atoms with Crippen molar-refractivity contribution in [2.24, 2.45) is 5.92 Å². The Kier molecular flexibility index (Phi) is 4.13. The van der Waals surface area contributed by atoms with Crippen LogP contribution in [0.3, 0.4) is 0 Å². The van der Waals surface area contributed by atoms with Crippen LogP contribution in [0, 0.1) is 11.7 Å². The van der Waals surface area contributed by atoms with Gasteiger partial charge >= 0.3 is 0 Å². The van der Waals surface area contributed by atoms with Crippen molar-refractivity contribution in [3.63, 3.8) is 0 Å². The highest BCUT2D eigenvalue weighted by Gasteiger charge is 2.26. The van der Waals surface area contributed by atoms with Gasteiger partial charge in [-0.05, 0) is 63.6 Å². The first-order valence-electron chi connectivity index (χ1n) is 6.31. The smallest absolute Gasteiger partial charge is 0.123 e. The van der Waals surface area contributed by atoms with Crippen molar-refractivity contribution >= 4 is 0 Å². The molecule has 1 aromatic rings. The average Bonchev–Trinajstić information content (AvgIpc) is 2.33. The molecule has 0 saturated carbocycles. The lowest BCUT2D eigenvalue weighted by molar-refractivity contribution is 0.181. The van der Waals surface area contributed by atoms with E-state index >= 15 is 0 Å². The molecule has 0 radical (unpaired) electrons. The maximum atomic E-state index is 13.0. The van der Waals surface area contributed by atoms with Gasteiger partial charge in [-0.3, -0.25) is 0 Å².